The number of hydrogen-bond acceptors (Lipinski definition) is 4. The predicted octanol–water partition coefficient (Wildman–Crippen LogP) is 4.11. The summed E-state index contributed by atoms with van der Waals surface area (Å²) in [5.74, 6) is -0.935. The number of aromatic carboxylic acids is 1. The number of halogens is 1. The summed E-state index contributed by atoms with van der Waals surface area (Å²) in [6, 6.07) is 5.48. The van der Waals surface area contributed by atoms with E-state index in [0.29, 0.717) is 22.3 Å². The van der Waals surface area contributed by atoms with Crippen LogP contribution < -0.4 is 5.32 Å². The first kappa shape index (κ1) is 13.8. The van der Waals surface area contributed by atoms with Gasteiger partial charge in [-0.15, -0.1) is 0 Å². The summed E-state index contributed by atoms with van der Waals surface area (Å²) in [6.07, 6.45) is 0.597. The second-order valence-electron chi connectivity index (χ2n) is 4.04. The number of aryl methyl sites for hydroxylation is 2. The molecule has 0 radical (unpaired) electrons. The number of carboxylic acid groups (broad SMARTS) is 1. The maximum atomic E-state index is 11.1. The van der Waals surface area contributed by atoms with Crippen LogP contribution in [0.25, 0.3) is 0 Å². The summed E-state index contributed by atoms with van der Waals surface area (Å²) in [5.41, 5.74) is 2.46. The Bertz CT molecular complexity index is 625. The van der Waals surface area contributed by atoms with Gasteiger partial charge in [0.15, 0.2) is 5.13 Å². The second-order valence-corrected chi connectivity index (χ2v) is 5.47. The van der Waals surface area contributed by atoms with E-state index in [9.17, 15) is 4.79 Å². The highest BCUT2D eigenvalue weighted by molar-refractivity contribution is 7.17. The molecule has 2 N–H and O–H groups in total. The first-order valence-corrected chi connectivity index (χ1v) is 6.97. The first-order valence-electron chi connectivity index (χ1n) is 5.77. The van der Waals surface area contributed by atoms with Gasteiger partial charge in [-0.2, -0.15) is 0 Å². The average Bonchev–Trinajstić information content (AvgIpc) is 2.76. The van der Waals surface area contributed by atoms with E-state index in [0.717, 1.165) is 22.6 Å². The Balaban J connectivity index is 2.31. The minimum atomic E-state index is -0.935. The second kappa shape index (κ2) is 5.59. The van der Waals surface area contributed by atoms with Gasteiger partial charge in [0.1, 0.15) is 4.88 Å². The van der Waals surface area contributed by atoms with Crippen LogP contribution in [0.5, 0.6) is 0 Å². The molecule has 0 bridgehead atoms. The van der Waals surface area contributed by atoms with Crippen LogP contribution in [0.3, 0.4) is 0 Å². The molecule has 2 aromatic rings. The van der Waals surface area contributed by atoms with Crippen molar-refractivity contribution in [1.29, 1.82) is 0 Å². The Hall–Kier alpha value is -1.59. The maximum Gasteiger partial charge on any atom is 0.347 e. The van der Waals surface area contributed by atoms with E-state index in [2.05, 4.69) is 10.3 Å². The highest BCUT2D eigenvalue weighted by Crippen LogP contribution is 2.28. The standard InChI is InChI=1S/C13H13ClN2O2S/c1-3-9-11(12(17)18)19-13(15-9)16-10-5-4-8(14)6-7(10)2/h4-6H,3H2,1-2H3,(H,15,16)(H,17,18). The van der Waals surface area contributed by atoms with Gasteiger partial charge in [0.25, 0.3) is 0 Å². The van der Waals surface area contributed by atoms with E-state index in [-0.39, 0.29) is 4.88 Å². The van der Waals surface area contributed by atoms with Gasteiger partial charge in [0.2, 0.25) is 0 Å². The highest BCUT2D eigenvalue weighted by atomic mass is 35.5. The van der Waals surface area contributed by atoms with E-state index >= 15 is 0 Å². The van der Waals surface area contributed by atoms with Crippen molar-refractivity contribution in [3.8, 4) is 0 Å². The number of nitrogens with zero attached hydrogens (tertiary/aromatic N) is 1. The molecule has 0 saturated carbocycles. The van der Waals surface area contributed by atoms with E-state index in [4.69, 9.17) is 16.7 Å². The third-order valence-corrected chi connectivity index (χ3v) is 3.89. The zero-order valence-electron chi connectivity index (χ0n) is 10.5. The van der Waals surface area contributed by atoms with Crippen LogP contribution in [-0.2, 0) is 6.42 Å². The molecular weight excluding hydrogens is 284 g/mol. The Morgan fingerprint density at radius 2 is 2.26 bits per heavy atom. The lowest BCUT2D eigenvalue weighted by Gasteiger charge is -2.06. The van der Waals surface area contributed by atoms with Crippen molar-refractivity contribution in [3.05, 3.63) is 39.4 Å². The van der Waals surface area contributed by atoms with Crippen molar-refractivity contribution in [2.24, 2.45) is 0 Å². The Morgan fingerprint density at radius 1 is 1.53 bits per heavy atom. The zero-order chi connectivity index (χ0) is 14.0. The molecule has 0 unspecified atom stereocenters. The number of carbonyl (C=O) groups is 1. The summed E-state index contributed by atoms with van der Waals surface area (Å²) in [6.45, 7) is 3.82. The molecule has 6 heteroatoms. The number of anilines is 2. The topological polar surface area (TPSA) is 62.2 Å². The van der Waals surface area contributed by atoms with Crippen molar-refractivity contribution < 1.29 is 9.90 Å². The molecule has 0 spiro atoms. The summed E-state index contributed by atoms with van der Waals surface area (Å²) >= 11 is 7.04. The molecule has 0 atom stereocenters. The third kappa shape index (κ3) is 3.05. The van der Waals surface area contributed by atoms with Crippen LogP contribution in [0.15, 0.2) is 18.2 Å². The van der Waals surface area contributed by atoms with Crippen molar-refractivity contribution in [1.82, 2.24) is 4.98 Å². The van der Waals surface area contributed by atoms with Crippen LogP contribution >= 0.6 is 22.9 Å². The van der Waals surface area contributed by atoms with E-state index < -0.39 is 5.97 Å². The minimum Gasteiger partial charge on any atom is -0.477 e. The number of thiazole rings is 1. The zero-order valence-corrected chi connectivity index (χ0v) is 12.1. The fraction of sp³-hybridized carbons (Fsp3) is 0.231. The summed E-state index contributed by atoms with van der Waals surface area (Å²) in [4.78, 5) is 15.7. The number of aromatic nitrogens is 1. The normalized spacial score (nSPS) is 10.5. The molecule has 1 aromatic carbocycles. The number of rotatable bonds is 4. The van der Waals surface area contributed by atoms with Crippen molar-refractivity contribution in [2.45, 2.75) is 20.3 Å². The molecule has 0 fully saturated rings. The predicted molar refractivity (Wildman–Crippen MR) is 77.9 cm³/mol. The molecule has 1 aromatic heterocycles. The maximum absolute atomic E-state index is 11.1. The molecule has 0 saturated heterocycles. The summed E-state index contributed by atoms with van der Waals surface area (Å²) in [7, 11) is 0. The monoisotopic (exact) mass is 296 g/mol. The number of nitrogens with one attached hydrogen (secondary N) is 1. The molecule has 19 heavy (non-hydrogen) atoms. The Kier molecular flexibility index (Phi) is 4.07. The number of hydrogen-bond donors (Lipinski definition) is 2. The van der Waals surface area contributed by atoms with E-state index in [1.165, 1.54) is 0 Å². The van der Waals surface area contributed by atoms with Crippen LogP contribution in [0.2, 0.25) is 5.02 Å². The summed E-state index contributed by atoms with van der Waals surface area (Å²) < 4.78 is 0. The molecule has 0 amide bonds. The Morgan fingerprint density at radius 3 is 2.79 bits per heavy atom. The van der Waals surface area contributed by atoms with Crippen LogP contribution in [0.1, 0.15) is 27.9 Å². The molecular formula is C13H13ClN2O2S. The molecule has 4 nitrogen and oxygen atoms in total. The SMILES string of the molecule is CCc1nc(Nc2ccc(Cl)cc2C)sc1C(=O)O. The molecule has 0 aliphatic heterocycles. The van der Waals surface area contributed by atoms with E-state index in [1.807, 2.05) is 26.0 Å². The minimum absolute atomic E-state index is 0.289. The lowest BCUT2D eigenvalue weighted by molar-refractivity contribution is 0.0701. The van der Waals surface area contributed by atoms with Gasteiger partial charge in [0, 0.05) is 10.7 Å². The lowest BCUT2D eigenvalue weighted by atomic mass is 10.2. The molecule has 0 aliphatic rings. The van der Waals surface area contributed by atoms with Crippen LogP contribution in [0.4, 0.5) is 10.8 Å². The van der Waals surface area contributed by atoms with Crippen molar-refractivity contribution in [2.75, 3.05) is 5.32 Å². The number of carboxylic acids is 1. The van der Waals surface area contributed by atoms with Gasteiger partial charge in [0.05, 0.1) is 5.69 Å². The molecule has 1 heterocycles. The fourth-order valence-electron chi connectivity index (χ4n) is 1.69. The molecule has 100 valence electrons. The fourth-order valence-corrected chi connectivity index (χ4v) is 2.83. The van der Waals surface area contributed by atoms with Gasteiger partial charge in [-0.05, 0) is 37.1 Å². The third-order valence-electron chi connectivity index (χ3n) is 2.66. The van der Waals surface area contributed by atoms with Crippen molar-refractivity contribution in [3.63, 3.8) is 0 Å². The first-order chi connectivity index (χ1) is 9.01. The Labute approximate surface area is 120 Å². The molecule has 2 rings (SSSR count). The van der Waals surface area contributed by atoms with Gasteiger partial charge in [-0.3, -0.25) is 0 Å². The lowest BCUT2D eigenvalue weighted by Crippen LogP contribution is -1.97. The largest absolute Gasteiger partial charge is 0.477 e. The smallest absolute Gasteiger partial charge is 0.347 e. The van der Waals surface area contributed by atoms with Crippen LogP contribution in [0, 0.1) is 6.92 Å². The van der Waals surface area contributed by atoms with Gasteiger partial charge in [-0.1, -0.05) is 29.9 Å². The van der Waals surface area contributed by atoms with Crippen molar-refractivity contribution >= 4 is 39.7 Å². The quantitative estimate of drug-likeness (QED) is 0.891. The summed E-state index contributed by atoms with van der Waals surface area (Å²) in [5, 5.41) is 13.5. The van der Waals surface area contributed by atoms with Gasteiger partial charge < -0.3 is 10.4 Å². The number of benzene rings is 1. The average molecular weight is 297 g/mol. The molecule has 0 aliphatic carbocycles. The highest BCUT2D eigenvalue weighted by Gasteiger charge is 2.16. The van der Waals surface area contributed by atoms with Gasteiger partial charge >= 0.3 is 5.97 Å². The van der Waals surface area contributed by atoms with Crippen LogP contribution in [-0.4, -0.2) is 16.1 Å². The van der Waals surface area contributed by atoms with Gasteiger partial charge in [-0.25, -0.2) is 9.78 Å². The van der Waals surface area contributed by atoms with E-state index in [1.54, 1.807) is 6.07 Å².